The summed E-state index contributed by atoms with van der Waals surface area (Å²) in [5.41, 5.74) is -0.508. The fourth-order valence-corrected chi connectivity index (χ4v) is 1.22. The molecule has 0 spiro atoms. The smallest absolute Gasteiger partial charge is 0.0609 e. The highest BCUT2D eigenvalue weighted by Gasteiger charge is 2.28. The molecule has 0 saturated carbocycles. The highest BCUT2D eigenvalue weighted by molar-refractivity contribution is 4.84. The van der Waals surface area contributed by atoms with Crippen LogP contribution in [-0.4, -0.2) is 35.2 Å². The summed E-state index contributed by atoms with van der Waals surface area (Å²) < 4.78 is 0. The Labute approximate surface area is 70.2 Å². The number of aliphatic hydroxyl groups is 1. The molecule has 68 valence electrons. The topological polar surface area (TPSA) is 23.5 Å². The lowest BCUT2D eigenvalue weighted by molar-refractivity contribution is 0.0172. The van der Waals surface area contributed by atoms with E-state index >= 15 is 0 Å². The highest BCUT2D eigenvalue weighted by Crippen LogP contribution is 2.23. The van der Waals surface area contributed by atoms with Crippen molar-refractivity contribution in [3.05, 3.63) is 0 Å². The van der Waals surface area contributed by atoms with Gasteiger partial charge in [0.25, 0.3) is 0 Å². The van der Waals surface area contributed by atoms with Gasteiger partial charge in [-0.2, -0.15) is 0 Å². The van der Waals surface area contributed by atoms with Gasteiger partial charge in [0.2, 0.25) is 0 Å². The van der Waals surface area contributed by atoms with Crippen molar-refractivity contribution < 1.29 is 5.11 Å². The summed E-state index contributed by atoms with van der Waals surface area (Å²) in [6, 6.07) is 0. The van der Waals surface area contributed by atoms with Gasteiger partial charge in [-0.25, -0.2) is 0 Å². The van der Waals surface area contributed by atoms with Crippen molar-refractivity contribution >= 4 is 0 Å². The van der Waals surface area contributed by atoms with Gasteiger partial charge < -0.3 is 10.0 Å². The van der Waals surface area contributed by atoms with Crippen molar-refractivity contribution in [1.29, 1.82) is 0 Å². The Morgan fingerprint density at radius 2 is 1.45 bits per heavy atom. The second kappa shape index (κ2) is 3.11. The molecular weight excluding hydrogens is 138 g/mol. The highest BCUT2D eigenvalue weighted by atomic mass is 16.3. The normalized spacial score (nSPS) is 14.2. The maximum atomic E-state index is 9.58. The maximum Gasteiger partial charge on any atom is 0.0609 e. The van der Waals surface area contributed by atoms with Crippen molar-refractivity contribution in [3.63, 3.8) is 0 Å². The number of hydrogen-bond donors (Lipinski definition) is 1. The van der Waals surface area contributed by atoms with Crippen LogP contribution in [0.3, 0.4) is 0 Å². The van der Waals surface area contributed by atoms with Gasteiger partial charge in [0.1, 0.15) is 0 Å². The summed E-state index contributed by atoms with van der Waals surface area (Å²) in [5.74, 6) is 0. The molecule has 0 amide bonds. The largest absolute Gasteiger partial charge is 0.390 e. The molecule has 0 fully saturated rings. The Balaban J connectivity index is 4.13. The Kier molecular flexibility index (Phi) is 3.09. The summed E-state index contributed by atoms with van der Waals surface area (Å²) in [6.07, 6.45) is 0.785. The molecule has 0 rings (SSSR count). The fourth-order valence-electron chi connectivity index (χ4n) is 1.22. The van der Waals surface area contributed by atoms with Crippen molar-refractivity contribution in [1.82, 2.24) is 4.90 Å². The third kappa shape index (κ3) is 4.38. The predicted octanol–water partition coefficient (Wildman–Crippen LogP) is 1.49. The fraction of sp³-hybridized carbons (Fsp3) is 1.00. The van der Waals surface area contributed by atoms with Crippen molar-refractivity contribution in [3.8, 4) is 0 Å². The van der Waals surface area contributed by atoms with Crippen molar-refractivity contribution in [2.24, 2.45) is 0 Å². The molecule has 2 nitrogen and oxygen atoms in total. The van der Waals surface area contributed by atoms with E-state index in [4.69, 9.17) is 0 Å². The summed E-state index contributed by atoms with van der Waals surface area (Å²) in [7, 11) is 4.07. The molecule has 0 aliphatic heterocycles. The third-order valence-corrected chi connectivity index (χ3v) is 2.08. The predicted molar refractivity (Wildman–Crippen MR) is 48.7 cm³/mol. The molecule has 0 bridgehead atoms. The monoisotopic (exact) mass is 159 g/mol. The SMILES string of the molecule is CN(C)C(C)(C)CC(C)(C)O. The Bertz CT molecular complexity index is 122. The number of rotatable bonds is 3. The maximum absolute atomic E-state index is 9.58. The molecule has 0 unspecified atom stereocenters. The standard InChI is InChI=1S/C9H21NO/c1-8(2,10(5)6)7-9(3,4)11/h11H,7H2,1-6H3. The van der Waals surface area contributed by atoms with E-state index < -0.39 is 5.60 Å². The molecule has 0 saturated heterocycles. The molecule has 0 aliphatic rings. The Morgan fingerprint density at radius 3 is 1.55 bits per heavy atom. The second-order valence-corrected chi connectivity index (χ2v) is 4.70. The zero-order chi connectivity index (χ0) is 9.28. The summed E-state index contributed by atoms with van der Waals surface area (Å²) >= 11 is 0. The Morgan fingerprint density at radius 1 is 1.09 bits per heavy atom. The molecule has 0 aromatic heterocycles. The van der Waals surface area contributed by atoms with E-state index in [9.17, 15) is 5.11 Å². The third-order valence-electron chi connectivity index (χ3n) is 2.08. The van der Waals surface area contributed by atoms with Gasteiger partial charge in [-0.15, -0.1) is 0 Å². The molecular formula is C9H21NO. The lowest BCUT2D eigenvalue weighted by Crippen LogP contribution is -2.43. The van der Waals surface area contributed by atoms with E-state index in [0.29, 0.717) is 0 Å². The molecule has 0 radical (unpaired) electrons. The zero-order valence-corrected chi connectivity index (χ0v) is 8.60. The average molecular weight is 159 g/mol. The van der Waals surface area contributed by atoms with Gasteiger partial charge >= 0.3 is 0 Å². The molecule has 0 aromatic carbocycles. The van der Waals surface area contributed by atoms with E-state index in [-0.39, 0.29) is 5.54 Å². The quantitative estimate of drug-likeness (QED) is 0.674. The minimum atomic E-state index is -0.576. The summed E-state index contributed by atoms with van der Waals surface area (Å²) in [5, 5.41) is 9.58. The second-order valence-electron chi connectivity index (χ2n) is 4.70. The van der Waals surface area contributed by atoms with Crippen LogP contribution in [0.4, 0.5) is 0 Å². The van der Waals surface area contributed by atoms with Crippen LogP contribution >= 0.6 is 0 Å². The van der Waals surface area contributed by atoms with Gasteiger partial charge in [-0.1, -0.05) is 0 Å². The Hall–Kier alpha value is -0.0800. The van der Waals surface area contributed by atoms with Gasteiger partial charge in [0.05, 0.1) is 5.60 Å². The van der Waals surface area contributed by atoms with Crippen LogP contribution in [0.25, 0.3) is 0 Å². The van der Waals surface area contributed by atoms with Crippen molar-refractivity contribution in [2.45, 2.75) is 45.3 Å². The first-order chi connectivity index (χ1) is 4.65. The van der Waals surface area contributed by atoms with Crippen LogP contribution in [-0.2, 0) is 0 Å². The molecule has 1 N–H and O–H groups in total. The minimum Gasteiger partial charge on any atom is -0.390 e. The van der Waals surface area contributed by atoms with Crippen LogP contribution in [0, 0.1) is 0 Å². The van der Waals surface area contributed by atoms with Crippen LogP contribution in [0.2, 0.25) is 0 Å². The molecule has 0 aliphatic carbocycles. The van der Waals surface area contributed by atoms with Crippen LogP contribution in [0.15, 0.2) is 0 Å². The van der Waals surface area contributed by atoms with E-state index in [1.807, 2.05) is 27.9 Å². The molecule has 2 heteroatoms. The van der Waals surface area contributed by atoms with Crippen molar-refractivity contribution in [2.75, 3.05) is 14.1 Å². The lowest BCUT2D eigenvalue weighted by atomic mass is 9.89. The van der Waals surface area contributed by atoms with Gasteiger partial charge in [0, 0.05) is 5.54 Å². The number of nitrogens with zero attached hydrogens (tertiary/aromatic N) is 1. The van der Waals surface area contributed by atoms with E-state index in [1.54, 1.807) is 0 Å². The first kappa shape index (κ1) is 10.9. The summed E-state index contributed by atoms with van der Waals surface area (Å²) in [6.45, 7) is 7.95. The van der Waals surface area contributed by atoms with Gasteiger partial charge in [0.15, 0.2) is 0 Å². The van der Waals surface area contributed by atoms with Gasteiger partial charge in [-0.05, 0) is 48.2 Å². The van der Waals surface area contributed by atoms with E-state index in [1.165, 1.54) is 0 Å². The van der Waals surface area contributed by atoms with Crippen LogP contribution in [0.5, 0.6) is 0 Å². The van der Waals surface area contributed by atoms with E-state index in [0.717, 1.165) is 6.42 Å². The zero-order valence-electron chi connectivity index (χ0n) is 8.60. The van der Waals surface area contributed by atoms with Crippen LogP contribution in [0.1, 0.15) is 34.1 Å². The van der Waals surface area contributed by atoms with Gasteiger partial charge in [-0.3, -0.25) is 0 Å². The lowest BCUT2D eigenvalue weighted by Gasteiger charge is -2.37. The summed E-state index contributed by atoms with van der Waals surface area (Å²) in [4.78, 5) is 2.13. The van der Waals surface area contributed by atoms with E-state index in [2.05, 4.69) is 18.7 Å². The molecule has 0 heterocycles. The first-order valence-corrected chi connectivity index (χ1v) is 4.05. The van der Waals surface area contributed by atoms with Crippen LogP contribution < -0.4 is 0 Å². The molecule has 11 heavy (non-hydrogen) atoms. The molecule has 0 atom stereocenters. The molecule has 0 aromatic rings. The minimum absolute atomic E-state index is 0.0677. The number of hydrogen-bond acceptors (Lipinski definition) is 2. The first-order valence-electron chi connectivity index (χ1n) is 4.05. The average Bonchev–Trinajstić information content (AvgIpc) is 1.56.